The zero-order valence-corrected chi connectivity index (χ0v) is 11.3. The molecule has 0 aliphatic heterocycles. The number of pyridine rings is 1. The number of hydrogen-bond acceptors (Lipinski definition) is 1. The van der Waals surface area contributed by atoms with Crippen molar-refractivity contribution in [3.63, 3.8) is 0 Å². The fourth-order valence-corrected chi connectivity index (χ4v) is 2.46. The van der Waals surface area contributed by atoms with Crippen LogP contribution in [0.5, 0.6) is 0 Å². The standard InChI is InChI=1S/C14H10BrFN2/c1-9-4-5-18-8-13(17-14(18)6-9)11-3-2-10(16)7-12(11)15/h2-8H,1H3. The normalized spacial score (nSPS) is 11.1. The lowest BCUT2D eigenvalue weighted by Crippen LogP contribution is -1.81. The Bertz CT molecular complexity index is 734. The van der Waals surface area contributed by atoms with Crippen LogP contribution in [0.25, 0.3) is 16.9 Å². The molecule has 0 aliphatic rings. The largest absolute Gasteiger partial charge is 0.306 e. The number of benzene rings is 1. The highest BCUT2D eigenvalue weighted by molar-refractivity contribution is 9.10. The quantitative estimate of drug-likeness (QED) is 0.658. The lowest BCUT2D eigenvalue weighted by molar-refractivity contribution is 0.627. The van der Waals surface area contributed by atoms with E-state index in [1.165, 1.54) is 12.1 Å². The van der Waals surface area contributed by atoms with Crippen LogP contribution in [0, 0.1) is 12.7 Å². The van der Waals surface area contributed by atoms with E-state index >= 15 is 0 Å². The number of rotatable bonds is 1. The summed E-state index contributed by atoms with van der Waals surface area (Å²) in [6.07, 6.45) is 3.91. The fraction of sp³-hybridized carbons (Fsp3) is 0.0714. The SMILES string of the molecule is Cc1ccn2cc(-c3ccc(F)cc3Br)nc2c1. The second-order valence-corrected chi connectivity index (χ2v) is 5.07. The van der Waals surface area contributed by atoms with Crippen molar-refractivity contribution < 1.29 is 4.39 Å². The Labute approximate surface area is 112 Å². The zero-order valence-electron chi connectivity index (χ0n) is 9.69. The van der Waals surface area contributed by atoms with Crippen molar-refractivity contribution in [2.24, 2.45) is 0 Å². The third kappa shape index (κ3) is 1.93. The molecule has 0 aliphatic carbocycles. The average molecular weight is 305 g/mol. The lowest BCUT2D eigenvalue weighted by atomic mass is 10.2. The predicted octanol–water partition coefficient (Wildman–Crippen LogP) is 4.21. The second kappa shape index (κ2) is 4.21. The van der Waals surface area contributed by atoms with Crippen LogP contribution in [0.3, 0.4) is 0 Å². The van der Waals surface area contributed by atoms with Crippen LogP contribution in [-0.2, 0) is 0 Å². The molecule has 18 heavy (non-hydrogen) atoms. The minimum absolute atomic E-state index is 0.259. The molecule has 3 rings (SSSR count). The van der Waals surface area contributed by atoms with E-state index in [1.807, 2.05) is 35.9 Å². The van der Waals surface area contributed by atoms with Gasteiger partial charge in [-0.25, -0.2) is 9.37 Å². The van der Waals surface area contributed by atoms with Gasteiger partial charge in [0.25, 0.3) is 0 Å². The summed E-state index contributed by atoms with van der Waals surface area (Å²) in [4.78, 5) is 4.54. The molecule has 0 spiro atoms. The summed E-state index contributed by atoms with van der Waals surface area (Å²) in [5.41, 5.74) is 3.77. The number of imidazole rings is 1. The van der Waals surface area contributed by atoms with Gasteiger partial charge in [-0.2, -0.15) is 0 Å². The number of aryl methyl sites for hydroxylation is 1. The molecule has 0 fully saturated rings. The Hall–Kier alpha value is -1.68. The van der Waals surface area contributed by atoms with E-state index in [4.69, 9.17) is 0 Å². The Kier molecular flexibility index (Phi) is 2.67. The molecule has 3 aromatic rings. The Balaban J connectivity index is 2.19. The Morgan fingerprint density at radius 2 is 2.06 bits per heavy atom. The van der Waals surface area contributed by atoms with Gasteiger partial charge in [0.05, 0.1) is 5.69 Å². The van der Waals surface area contributed by atoms with E-state index in [-0.39, 0.29) is 5.82 Å². The van der Waals surface area contributed by atoms with Gasteiger partial charge in [0.1, 0.15) is 11.5 Å². The maximum Gasteiger partial charge on any atom is 0.137 e. The molecule has 2 heterocycles. The highest BCUT2D eigenvalue weighted by Crippen LogP contribution is 2.28. The number of halogens is 2. The van der Waals surface area contributed by atoms with E-state index in [0.717, 1.165) is 22.5 Å². The molecule has 0 saturated carbocycles. The van der Waals surface area contributed by atoms with Crippen molar-refractivity contribution in [1.29, 1.82) is 0 Å². The highest BCUT2D eigenvalue weighted by Gasteiger charge is 2.08. The molecule has 0 saturated heterocycles. The van der Waals surface area contributed by atoms with Crippen LogP contribution in [0.4, 0.5) is 4.39 Å². The average Bonchev–Trinajstić information content (AvgIpc) is 2.71. The summed E-state index contributed by atoms with van der Waals surface area (Å²) >= 11 is 3.37. The summed E-state index contributed by atoms with van der Waals surface area (Å²) in [6.45, 7) is 2.03. The van der Waals surface area contributed by atoms with Gasteiger partial charge in [0.15, 0.2) is 0 Å². The van der Waals surface area contributed by atoms with Crippen LogP contribution in [0.2, 0.25) is 0 Å². The first kappa shape index (κ1) is 11.4. The first-order valence-corrected chi connectivity index (χ1v) is 6.33. The minimum Gasteiger partial charge on any atom is -0.306 e. The highest BCUT2D eigenvalue weighted by atomic mass is 79.9. The van der Waals surface area contributed by atoms with Gasteiger partial charge in [-0.15, -0.1) is 0 Å². The molecule has 0 atom stereocenters. The van der Waals surface area contributed by atoms with Gasteiger partial charge in [0.2, 0.25) is 0 Å². The number of fused-ring (bicyclic) bond motifs is 1. The summed E-state index contributed by atoms with van der Waals surface area (Å²) < 4.78 is 15.7. The fourth-order valence-electron chi connectivity index (χ4n) is 1.91. The van der Waals surface area contributed by atoms with Crippen LogP contribution in [-0.4, -0.2) is 9.38 Å². The van der Waals surface area contributed by atoms with Gasteiger partial charge in [0, 0.05) is 22.4 Å². The monoisotopic (exact) mass is 304 g/mol. The minimum atomic E-state index is -0.259. The van der Waals surface area contributed by atoms with Crippen LogP contribution < -0.4 is 0 Å². The third-order valence-electron chi connectivity index (χ3n) is 2.82. The molecular weight excluding hydrogens is 295 g/mol. The number of aromatic nitrogens is 2. The molecule has 0 unspecified atom stereocenters. The predicted molar refractivity (Wildman–Crippen MR) is 73.0 cm³/mol. The van der Waals surface area contributed by atoms with Crippen molar-refractivity contribution in [2.75, 3.05) is 0 Å². The number of hydrogen-bond donors (Lipinski definition) is 0. The first-order valence-electron chi connectivity index (χ1n) is 5.54. The Morgan fingerprint density at radius 3 is 2.83 bits per heavy atom. The zero-order chi connectivity index (χ0) is 12.7. The van der Waals surface area contributed by atoms with Gasteiger partial charge in [-0.3, -0.25) is 0 Å². The van der Waals surface area contributed by atoms with Gasteiger partial charge >= 0.3 is 0 Å². The van der Waals surface area contributed by atoms with Crippen molar-refractivity contribution in [1.82, 2.24) is 9.38 Å². The van der Waals surface area contributed by atoms with Crippen molar-refractivity contribution in [2.45, 2.75) is 6.92 Å². The van der Waals surface area contributed by atoms with Crippen molar-refractivity contribution in [3.8, 4) is 11.3 Å². The van der Waals surface area contributed by atoms with Crippen LogP contribution in [0.1, 0.15) is 5.56 Å². The molecule has 0 amide bonds. The molecular formula is C14H10BrFN2. The van der Waals surface area contributed by atoms with E-state index in [0.29, 0.717) is 4.47 Å². The van der Waals surface area contributed by atoms with Crippen LogP contribution in [0.15, 0.2) is 47.2 Å². The Morgan fingerprint density at radius 1 is 1.22 bits per heavy atom. The molecule has 4 heteroatoms. The van der Waals surface area contributed by atoms with Gasteiger partial charge in [-0.05, 0) is 58.7 Å². The summed E-state index contributed by atoms with van der Waals surface area (Å²) in [7, 11) is 0. The van der Waals surface area contributed by atoms with E-state index < -0.39 is 0 Å². The van der Waals surface area contributed by atoms with Gasteiger partial charge in [-0.1, -0.05) is 0 Å². The molecule has 1 aromatic carbocycles. The summed E-state index contributed by atoms with van der Waals surface area (Å²) in [5.74, 6) is -0.259. The number of nitrogens with zero attached hydrogens (tertiary/aromatic N) is 2. The maximum atomic E-state index is 13.1. The molecule has 0 bridgehead atoms. The van der Waals surface area contributed by atoms with Crippen LogP contribution >= 0.6 is 15.9 Å². The second-order valence-electron chi connectivity index (χ2n) is 4.22. The molecule has 90 valence electrons. The first-order chi connectivity index (χ1) is 8.63. The van der Waals surface area contributed by atoms with E-state index in [9.17, 15) is 4.39 Å². The topological polar surface area (TPSA) is 17.3 Å². The molecule has 0 radical (unpaired) electrons. The molecule has 2 aromatic heterocycles. The summed E-state index contributed by atoms with van der Waals surface area (Å²) in [6, 6.07) is 8.66. The lowest BCUT2D eigenvalue weighted by Gasteiger charge is -1.99. The van der Waals surface area contributed by atoms with E-state index in [2.05, 4.69) is 20.9 Å². The van der Waals surface area contributed by atoms with E-state index in [1.54, 1.807) is 6.07 Å². The maximum absolute atomic E-state index is 13.1. The van der Waals surface area contributed by atoms with Crippen molar-refractivity contribution in [3.05, 3.63) is 58.6 Å². The smallest absolute Gasteiger partial charge is 0.137 e. The molecule has 2 nitrogen and oxygen atoms in total. The third-order valence-corrected chi connectivity index (χ3v) is 3.48. The summed E-state index contributed by atoms with van der Waals surface area (Å²) in [5, 5.41) is 0. The molecule has 0 N–H and O–H groups in total. The van der Waals surface area contributed by atoms with Crippen molar-refractivity contribution >= 4 is 21.6 Å². The van der Waals surface area contributed by atoms with Gasteiger partial charge < -0.3 is 4.40 Å².